The Kier molecular flexibility index (Phi) is 5.06. The van der Waals surface area contributed by atoms with Crippen LogP contribution in [0.3, 0.4) is 0 Å². The molecule has 0 unspecified atom stereocenters. The Hall–Kier alpha value is -1.40. The molecule has 4 fully saturated rings. The van der Waals surface area contributed by atoms with E-state index in [-0.39, 0.29) is 18.1 Å². The molecule has 0 aromatic heterocycles. The van der Waals surface area contributed by atoms with Gasteiger partial charge in [0.25, 0.3) is 0 Å². The monoisotopic (exact) mass is 376 g/mol. The zero-order chi connectivity index (χ0) is 18.1. The molecule has 2 bridgehead atoms. The van der Waals surface area contributed by atoms with E-state index in [2.05, 4.69) is 4.90 Å². The number of hydrogen-bond acceptors (Lipinski definition) is 4. The highest BCUT2D eigenvalue weighted by molar-refractivity contribution is 7.91. The van der Waals surface area contributed by atoms with E-state index in [0.29, 0.717) is 16.9 Å². The summed E-state index contributed by atoms with van der Waals surface area (Å²) in [6.45, 7) is 3.86. The standard InChI is InChI=1S/C20H28N2O3S/c23-20(10-11-26(24,25)19-4-2-1-3-5-19)22-14-17-8-9-18(15-22)21(13-17)12-16-6-7-16/h1-5,16-18H,6-15H2/t17-,18-/m1/s1. The van der Waals surface area contributed by atoms with Crippen molar-refractivity contribution in [3.8, 4) is 0 Å². The zero-order valence-corrected chi connectivity index (χ0v) is 16.0. The largest absolute Gasteiger partial charge is 0.341 e. The Morgan fingerprint density at radius 1 is 1.00 bits per heavy atom. The van der Waals surface area contributed by atoms with Gasteiger partial charge < -0.3 is 4.90 Å². The average Bonchev–Trinajstić information content (AvgIpc) is 3.48. The lowest BCUT2D eigenvalue weighted by Gasteiger charge is -2.36. The lowest BCUT2D eigenvalue weighted by Crippen LogP contribution is -2.45. The number of rotatable bonds is 6. The van der Waals surface area contributed by atoms with Crippen molar-refractivity contribution in [1.82, 2.24) is 9.80 Å². The van der Waals surface area contributed by atoms with Crippen molar-refractivity contribution in [2.24, 2.45) is 11.8 Å². The van der Waals surface area contributed by atoms with Gasteiger partial charge in [-0.05, 0) is 49.7 Å². The van der Waals surface area contributed by atoms with Crippen LogP contribution in [0.4, 0.5) is 0 Å². The van der Waals surface area contributed by atoms with Crippen LogP contribution in [0, 0.1) is 11.8 Å². The Bertz CT molecular complexity index is 746. The van der Waals surface area contributed by atoms with Crippen molar-refractivity contribution in [3.05, 3.63) is 30.3 Å². The van der Waals surface area contributed by atoms with E-state index in [1.165, 1.54) is 32.2 Å². The molecule has 5 nitrogen and oxygen atoms in total. The molecule has 3 heterocycles. The normalized spacial score (nSPS) is 26.7. The highest BCUT2D eigenvalue weighted by Crippen LogP contribution is 2.35. The van der Waals surface area contributed by atoms with Crippen LogP contribution in [0.1, 0.15) is 32.1 Å². The molecule has 3 aliphatic heterocycles. The number of sulfone groups is 1. The maximum Gasteiger partial charge on any atom is 0.223 e. The predicted octanol–water partition coefficient (Wildman–Crippen LogP) is 2.18. The van der Waals surface area contributed by atoms with Crippen molar-refractivity contribution in [2.75, 3.05) is 31.9 Å². The summed E-state index contributed by atoms with van der Waals surface area (Å²) in [6.07, 6.45) is 5.16. The average molecular weight is 377 g/mol. The number of carbonyl (C=O) groups is 1. The van der Waals surface area contributed by atoms with Gasteiger partial charge >= 0.3 is 0 Å². The molecular weight excluding hydrogens is 348 g/mol. The molecule has 4 aliphatic rings. The lowest BCUT2D eigenvalue weighted by molar-refractivity contribution is -0.131. The number of fused-ring (bicyclic) bond motifs is 4. The topological polar surface area (TPSA) is 57.7 Å². The first-order valence-electron chi connectivity index (χ1n) is 9.81. The minimum atomic E-state index is -3.39. The fraction of sp³-hybridized carbons (Fsp3) is 0.650. The smallest absolute Gasteiger partial charge is 0.223 e. The lowest BCUT2D eigenvalue weighted by atomic mass is 9.95. The molecule has 6 heteroatoms. The van der Waals surface area contributed by atoms with E-state index in [1.54, 1.807) is 30.3 Å². The van der Waals surface area contributed by atoms with Gasteiger partial charge in [0, 0.05) is 38.6 Å². The maximum atomic E-state index is 12.7. The molecular formula is C20H28N2O3S. The molecule has 2 atom stereocenters. The predicted molar refractivity (Wildman–Crippen MR) is 101 cm³/mol. The van der Waals surface area contributed by atoms with Crippen molar-refractivity contribution in [1.29, 1.82) is 0 Å². The molecule has 0 N–H and O–H groups in total. The summed E-state index contributed by atoms with van der Waals surface area (Å²) in [7, 11) is -3.39. The summed E-state index contributed by atoms with van der Waals surface area (Å²) in [4.78, 5) is 17.6. The van der Waals surface area contributed by atoms with E-state index in [9.17, 15) is 13.2 Å². The third-order valence-electron chi connectivity index (χ3n) is 6.06. The van der Waals surface area contributed by atoms with Gasteiger partial charge in [0.05, 0.1) is 10.6 Å². The van der Waals surface area contributed by atoms with Crippen LogP contribution in [-0.4, -0.2) is 62.1 Å². The highest BCUT2D eigenvalue weighted by atomic mass is 32.2. The molecule has 1 amide bonds. The van der Waals surface area contributed by atoms with Gasteiger partial charge in [0.2, 0.25) is 5.91 Å². The summed E-state index contributed by atoms with van der Waals surface area (Å²) >= 11 is 0. The van der Waals surface area contributed by atoms with Crippen LogP contribution in [0.15, 0.2) is 35.2 Å². The van der Waals surface area contributed by atoms with Gasteiger partial charge in [-0.2, -0.15) is 0 Å². The van der Waals surface area contributed by atoms with E-state index < -0.39 is 9.84 Å². The SMILES string of the molecule is O=C(CCS(=O)(=O)c1ccccc1)N1C[C@@H]2CC[C@H](C1)N(CC1CC1)C2. The molecule has 5 rings (SSSR count). The first-order chi connectivity index (χ1) is 12.5. The summed E-state index contributed by atoms with van der Waals surface area (Å²) in [5, 5.41) is 0. The van der Waals surface area contributed by atoms with E-state index >= 15 is 0 Å². The Balaban J connectivity index is 1.36. The van der Waals surface area contributed by atoms with Gasteiger partial charge in [-0.25, -0.2) is 8.42 Å². The molecule has 3 saturated heterocycles. The summed E-state index contributed by atoms with van der Waals surface area (Å²) in [5.41, 5.74) is 0. The van der Waals surface area contributed by atoms with Gasteiger partial charge in [0.1, 0.15) is 0 Å². The number of piperidine rings is 1. The molecule has 1 saturated carbocycles. The molecule has 0 spiro atoms. The third-order valence-corrected chi connectivity index (χ3v) is 7.79. The second kappa shape index (κ2) is 7.31. The first kappa shape index (κ1) is 18.0. The summed E-state index contributed by atoms with van der Waals surface area (Å²) < 4.78 is 24.9. The van der Waals surface area contributed by atoms with E-state index in [4.69, 9.17) is 0 Å². The Labute approximate surface area is 156 Å². The van der Waals surface area contributed by atoms with Crippen molar-refractivity contribution in [3.63, 3.8) is 0 Å². The van der Waals surface area contributed by atoms with Crippen LogP contribution >= 0.6 is 0 Å². The minimum absolute atomic E-state index is 0.00493. The Morgan fingerprint density at radius 3 is 2.50 bits per heavy atom. The van der Waals surface area contributed by atoms with Crippen LogP contribution in [0.25, 0.3) is 0 Å². The van der Waals surface area contributed by atoms with Crippen molar-refractivity contribution >= 4 is 15.7 Å². The highest BCUT2D eigenvalue weighted by Gasteiger charge is 2.38. The number of nitrogens with zero attached hydrogens (tertiary/aromatic N) is 2. The fourth-order valence-corrected chi connectivity index (χ4v) is 5.61. The zero-order valence-electron chi connectivity index (χ0n) is 15.2. The van der Waals surface area contributed by atoms with Crippen LogP contribution < -0.4 is 0 Å². The molecule has 1 aromatic rings. The van der Waals surface area contributed by atoms with Crippen molar-refractivity contribution < 1.29 is 13.2 Å². The summed E-state index contributed by atoms with van der Waals surface area (Å²) in [5.74, 6) is 1.30. The second-order valence-electron chi connectivity index (χ2n) is 8.18. The molecule has 0 radical (unpaired) electrons. The van der Waals surface area contributed by atoms with Crippen molar-refractivity contribution in [2.45, 2.75) is 43.0 Å². The van der Waals surface area contributed by atoms with Gasteiger partial charge in [0.15, 0.2) is 9.84 Å². The van der Waals surface area contributed by atoms with E-state index in [1.807, 2.05) is 4.90 Å². The number of hydrogen-bond donors (Lipinski definition) is 0. The molecule has 1 aromatic carbocycles. The minimum Gasteiger partial charge on any atom is -0.341 e. The summed E-state index contributed by atoms with van der Waals surface area (Å²) in [6, 6.07) is 8.89. The maximum absolute atomic E-state index is 12.7. The molecule has 142 valence electrons. The molecule has 26 heavy (non-hydrogen) atoms. The first-order valence-corrected chi connectivity index (χ1v) is 11.5. The number of benzene rings is 1. The third kappa shape index (κ3) is 4.12. The van der Waals surface area contributed by atoms with Crippen LogP contribution in [-0.2, 0) is 14.6 Å². The number of carbonyl (C=O) groups excluding carboxylic acids is 1. The van der Waals surface area contributed by atoms with Gasteiger partial charge in [-0.15, -0.1) is 0 Å². The fourth-order valence-electron chi connectivity index (χ4n) is 4.36. The van der Waals surface area contributed by atoms with E-state index in [0.717, 1.165) is 25.6 Å². The van der Waals surface area contributed by atoms with Gasteiger partial charge in [-0.3, -0.25) is 9.69 Å². The number of amides is 1. The quantitative estimate of drug-likeness (QED) is 0.764. The Morgan fingerprint density at radius 2 is 1.77 bits per heavy atom. The van der Waals surface area contributed by atoms with Crippen LogP contribution in [0.2, 0.25) is 0 Å². The molecule has 1 aliphatic carbocycles. The van der Waals surface area contributed by atoms with Crippen LogP contribution in [0.5, 0.6) is 0 Å². The second-order valence-corrected chi connectivity index (χ2v) is 10.3. The van der Waals surface area contributed by atoms with Gasteiger partial charge in [-0.1, -0.05) is 18.2 Å².